The van der Waals surface area contributed by atoms with Crippen molar-refractivity contribution < 1.29 is 9.47 Å². The molecular weight excluding hydrogens is 352 g/mol. The van der Waals surface area contributed by atoms with Gasteiger partial charge in [0.25, 0.3) is 0 Å². The minimum absolute atomic E-state index is 0.0172. The molecule has 0 bridgehead atoms. The molecule has 0 spiro atoms. The molecule has 0 amide bonds. The molecule has 21 heavy (non-hydrogen) atoms. The summed E-state index contributed by atoms with van der Waals surface area (Å²) >= 11 is 10.1. The van der Waals surface area contributed by atoms with Crippen LogP contribution in [0.1, 0.15) is 45.1 Å². The standard InChI is InChI=1S/C17H26BrClO2/c1-12(17(2,3)4)10-15(19)13-6-7-16(14(18)11-13)21-9-8-20-5/h6-7,11-12,15H,8-10H2,1-5H3. The summed E-state index contributed by atoms with van der Waals surface area (Å²) in [4.78, 5) is 0. The van der Waals surface area contributed by atoms with Crippen LogP contribution in [0, 0.1) is 11.3 Å². The van der Waals surface area contributed by atoms with Gasteiger partial charge in [0.1, 0.15) is 12.4 Å². The van der Waals surface area contributed by atoms with E-state index in [2.05, 4.69) is 49.7 Å². The highest BCUT2D eigenvalue weighted by molar-refractivity contribution is 9.10. The highest BCUT2D eigenvalue weighted by Gasteiger charge is 2.23. The summed E-state index contributed by atoms with van der Waals surface area (Å²) in [7, 11) is 1.66. The second kappa shape index (κ2) is 8.40. The fourth-order valence-electron chi connectivity index (χ4n) is 1.86. The Morgan fingerprint density at radius 2 is 1.90 bits per heavy atom. The van der Waals surface area contributed by atoms with Gasteiger partial charge in [0.05, 0.1) is 16.5 Å². The molecule has 1 rings (SSSR count). The number of hydrogen-bond donors (Lipinski definition) is 0. The lowest BCUT2D eigenvalue weighted by Gasteiger charge is -2.29. The molecule has 0 N–H and O–H groups in total. The molecule has 0 saturated heterocycles. The van der Waals surface area contributed by atoms with E-state index >= 15 is 0 Å². The summed E-state index contributed by atoms with van der Waals surface area (Å²) in [6.45, 7) is 10.1. The molecule has 1 aromatic carbocycles. The van der Waals surface area contributed by atoms with E-state index in [9.17, 15) is 0 Å². The summed E-state index contributed by atoms with van der Waals surface area (Å²) < 4.78 is 11.5. The maximum absolute atomic E-state index is 6.58. The zero-order valence-corrected chi connectivity index (χ0v) is 15.9. The Morgan fingerprint density at radius 1 is 1.24 bits per heavy atom. The van der Waals surface area contributed by atoms with Crippen molar-refractivity contribution in [3.05, 3.63) is 28.2 Å². The highest BCUT2D eigenvalue weighted by atomic mass is 79.9. The van der Waals surface area contributed by atoms with Crippen LogP contribution in [-0.2, 0) is 4.74 Å². The fourth-order valence-corrected chi connectivity index (χ4v) is 2.78. The summed E-state index contributed by atoms with van der Waals surface area (Å²) in [6.07, 6.45) is 0.960. The van der Waals surface area contributed by atoms with Crippen LogP contribution in [0.25, 0.3) is 0 Å². The van der Waals surface area contributed by atoms with E-state index in [1.54, 1.807) is 7.11 Å². The maximum Gasteiger partial charge on any atom is 0.133 e. The van der Waals surface area contributed by atoms with Crippen LogP contribution in [0.4, 0.5) is 0 Å². The maximum atomic E-state index is 6.58. The van der Waals surface area contributed by atoms with Gasteiger partial charge in [-0.1, -0.05) is 33.8 Å². The van der Waals surface area contributed by atoms with Gasteiger partial charge in [-0.2, -0.15) is 0 Å². The molecule has 0 aromatic heterocycles. The zero-order chi connectivity index (χ0) is 16.0. The highest BCUT2D eigenvalue weighted by Crippen LogP contribution is 2.38. The summed E-state index contributed by atoms with van der Waals surface area (Å²) in [5.41, 5.74) is 1.40. The first-order chi connectivity index (χ1) is 9.75. The van der Waals surface area contributed by atoms with Crippen LogP contribution in [0.2, 0.25) is 0 Å². The average molecular weight is 378 g/mol. The van der Waals surface area contributed by atoms with Crippen molar-refractivity contribution in [2.24, 2.45) is 11.3 Å². The van der Waals surface area contributed by atoms with Crippen molar-refractivity contribution in [1.29, 1.82) is 0 Å². The van der Waals surface area contributed by atoms with Crippen LogP contribution in [0.15, 0.2) is 22.7 Å². The molecule has 0 radical (unpaired) electrons. The molecule has 2 atom stereocenters. The lowest BCUT2D eigenvalue weighted by Crippen LogP contribution is -2.18. The van der Waals surface area contributed by atoms with Gasteiger partial charge >= 0.3 is 0 Å². The van der Waals surface area contributed by atoms with Gasteiger partial charge in [-0.25, -0.2) is 0 Å². The molecule has 0 saturated carbocycles. The fraction of sp³-hybridized carbons (Fsp3) is 0.647. The molecule has 120 valence electrons. The lowest BCUT2D eigenvalue weighted by atomic mass is 9.79. The smallest absolute Gasteiger partial charge is 0.133 e. The quantitative estimate of drug-likeness (QED) is 0.440. The molecule has 1 aromatic rings. The third-order valence-corrected chi connectivity index (χ3v) is 4.95. The predicted molar refractivity (Wildman–Crippen MR) is 93.3 cm³/mol. The predicted octanol–water partition coefficient (Wildman–Crippen LogP) is 5.83. The molecule has 0 heterocycles. The van der Waals surface area contributed by atoms with E-state index in [4.69, 9.17) is 21.1 Å². The average Bonchev–Trinajstić information content (AvgIpc) is 2.39. The molecular formula is C17H26BrClO2. The van der Waals surface area contributed by atoms with Crippen molar-refractivity contribution in [3.8, 4) is 5.75 Å². The zero-order valence-electron chi connectivity index (χ0n) is 13.6. The van der Waals surface area contributed by atoms with Gasteiger partial charge in [-0.15, -0.1) is 11.6 Å². The van der Waals surface area contributed by atoms with Gasteiger partial charge in [0.2, 0.25) is 0 Å². The van der Waals surface area contributed by atoms with Crippen LogP contribution in [0.5, 0.6) is 5.75 Å². The van der Waals surface area contributed by atoms with Crippen molar-refractivity contribution in [2.75, 3.05) is 20.3 Å². The number of hydrogen-bond acceptors (Lipinski definition) is 2. The number of methoxy groups -OCH3 is 1. The topological polar surface area (TPSA) is 18.5 Å². The molecule has 2 nitrogen and oxygen atoms in total. The summed E-state index contributed by atoms with van der Waals surface area (Å²) in [5, 5.41) is 0.0172. The van der Waals surface area contributed by atoms with Crippen LogP contribution in [-0.4, -0.2) is 20.3 Å². The number of halogens is 2. The molecule has 0 aliphatic rings. The minimum atomic E-state index is 0.0172. The Hall–Kier alpha value is -0.250. The molecule has 4 heteroatoms. The number of alkyl halides is 1. The van der Waals surface area contributed by atoms with E-state index in [1.807, 2.05) is 12.1 Å². The summed E-state index contributed by atoms with van der Waals surface area (Å²) in [6, 6.07) is 6.06. The third kappa shape index (κ3) is 6.17. The van der Waals surface area contributed by atoms with Crippen molar-refractivity contribution in [1.82, 2.24) is 0 Å². The van der Waals surface area contributed by atoms with E-state index in [0.29, 0.717) is 19.1 Å². The largest absolute Gasteiger partial charge is 0.490 e. The number of rotatable bonds is 7. The van der Waals surface area contributed by atoms with Gasteiger partial charge in [0, 0.05) is 7.11 Å². The van der Waals surface area contributed by atoms with Crippen LogP contribution in [0.3, 0.4) is 0 Å². The SMILES string of the molecule is COCCOc1ccc(C(Cl)CC(C)C(C)(C)C)cc1Br. The summed E-state index contributed by atoms with van der Waals surface area (Å²) in [5.74, 6) is 1.37. The van der Waals surface area contributed by atoms with Gasteiger partial charge in [-0.05, 0) is 51.4 Å². The Labute approximate surface area is 142 Å². The van der Waals surface area contributed by atoms with E-state index in [1.165, 1.54) is 0 Å². The van der Waals surface area contributed by atoms with E-state index < -0.39 is 0 Å². The monoisotopic (exact) mass is 376 g/mol. The first-order valence-corrected chi connectivity index (χ1v) is 8.54. The minimum Gasteiger partial charge on any atom is -0.490 e. The first kappa shape index (κ1) is 18.8. The van der Waals surface area contributed by atoms with Crippen molar-refractivity contribution >= 4 is 27.5 Å². The van der Waals surface area contributed by atoms with E-state index in [0.717, 1.165) is 22.2 Å². The third-order valence-electron chi connectivity index (χ3n) is 3.90. The van der Waals surface area contributed by atoms with Gasteiger partial charge < -0.3 is 9.47 Å². The second-order valence-electron chi connectivity index (χ2n) is 6.50. The van der Waals surface area contributed by atoms with Crippen molar-refractivity contribution in [3.63, 3.8) is 0 Å². The lowest BCUT2D eigenvalue weighted by molar-refractivity contribution is 0.146. The Morgan fingerprint density at radius 3 is 2.43 bits per heavy atom. The number of benzene rings is 1. The molecule has 0 aliphatic carbocycles. The number of ether oxygens (including phenoxy) is 2. The normalized spacial score (nSPS) is 14.8. The Bertz CT molecular complexity index is 443. The molecule has 0 fully saturated rings. The Balaban J connectivity index is 2.69. The van der Waals surface area contributed by atoms with Gasteiger partial charge in [-0.3, -0.25) is 0 Å². The molecule has 2 unspecified atom stereocenters. The van der Waals surface area contributed by atoms with E-state index in [-0.39, 0.29) is 10.8 Å². The second-order valence-corrected chi connectivity index (χ2v) is 7.88. The van der Waals surface area contributed by atoms with Crippen LogP contribution >= 0.6 is 27.5 Å². The van der Waals surface area contributed by atoms with Crippen molar-refractivity contribution in [2.45, 2.75) is 39.5 Å². The first-order valence-electron chi connectivity index (χ1n) is 7.31. The Kier molecular flexibility index (Phi) is 7.52. The van der Waals surface area contributed by atoms with Gasteiger partial charge in [0.15, 0.2) is 0 Å². The van der Waals surface area contributed by atoms with Crippen LogP contribution < -0.4 is 4.74 Å². The molecule has 0 aliphatic heterocycles.